The van der Waals surface area contributed by atoms with E-state index >= 15 is 0 Å². The number of anilines is 1. The first-order chi connectivity index (χ1) is 6.81. The van der Waals surface area contributed by atoms with E-state index in [1.165, 1.54) is 0 Å². The summed E-state index contributed by atoms with van der Waals surface area (Å²) in [4.78, 5) is 9.71. The SMILES string of the molecule is Cc1nc(NCCN)c2ccsc2n1. The maximum Gasteiger partial charge on any atom is 0.138 e. The summed E-state index contributed by atoms with van der Waals surface area (Å²) in [7, 11) is 0. The second-order valence-electron chi connectivity index (χ2n) is 2.97. The molecule has 0 atom stereocenters. The summed E-state index contributed by atoms with van der Waals surface area (Å²) in [6, 6.07) is 2.03. The summed E-state index contributed by atoms with van der Waals surface area (Å²) in [6.07, 6.45) is 0. The van der Waals surface area contributed by atoms with Gasteiger partial charge in [-0.15, -0.1) is 11.3 Å². The van der Waals surface area contributed by atoms with Gasteiger partial charge in [0.25, 0.3) is 0 Å². The molecule has 74 valence electrons. The van der Waals surface area contributed by atoms with E-state index in [0.717, 1.165) is 28.4 Å². The Hall–Kier alpha value is -1.20. The highest BCUT2D eigenvalue weighted by Crippen LogP contribution is 2.24. The Balaban J connectivity index is 2.44. The molecule has 0 amide bonds. The third kappa shape index (κ3) is 1.69. The van der Waals surface area contributed by atoms with Crippen LogP contribution < -0.4 is 11.1 Å². The van der Waals surface area contributed by atoms with Crippen molar-refractivity contribution in [3.8, 4) is 0 Å². The summed E-state index contributed by atoms with van der Waals surface area (Å²) in [5.41, 5.74) is 5.43. The molecule has 14 heavy (non-hydrogen) atoms. The van der Waals surface area contributed by atoms with Crippen LogP contribution in [-0.4, -0.2) is 23.1 Å². The number of aromatic nitrogens is 2. The Labute approximate surface area is 86.2 Å². The molecule has 2 heterocycles. The first-order valence-corrected chi connectivity index (χ1v) is 5.35. The van der Waals surface area contributed by atoms with E-state index in [0.29, 0.717) is 6.54 Å². The highest BCUT2D eigenvalue weighted by molar-refractivity contribution is 7.16. The van der Waals surface area contributed by atoms with Gasteiger partial charge in [-0.3, -0.25) is 0 Å². The van der Waals surface area contributed by atoms with E-state index < -0.39 is 0 Å². The first kappa shape index (κ1) is 9.36. The standard InChI is InChI=1S/C9H12N4S/c1-6-12-8(11-4-3-10)7-2-5-14-9(7)13-6/h2,5H,3-4,10H2,1H3,(H,11,12,13). The van der Waals surface area contributed by atoms with Crippen LogP contribution >= 0.6 is 11.3 Å². The molecule has 2 aromatic heterocycles. The van der Waals surface area contributed by atoms with E-state index in [1.54, 1.807) is 11.3 Å². The number of rotatable bonds is 3. The van der Waals surface area contributed by atoms with Crippen molar-refractivity contribution in [1.29, 1.82) is 0 Å². The fourth-order valence-corrected chi connectivity index (χ4v) is 2.10. The number of hydrogen-bond donors (Lipinski definition) is 2. The first-order valence-electron chi connectivity index (χ1n) is 4.47. The van der Waals surface area contributed by atoms with Crippen LogP contribution in [-0.2, 0) is 0 Å². The Morgan fingerprint density at radius 1 is 1.50 bits per heavy atom. The highest BCUT2D eigenvalue weighted by Gasteiger charge is 2.05. The van der Waals surface area contributed by atoms with Crippen molar-refractivity contribution in [1.82, 2.24) is 9.97 Å². The van der Waals surface area contributed by atoms with Crippen LogP contribution in [0, 0.1) is 6.92 Å². The molecule has 2 aromatic rings. The van der Waals surface area contributed by atoms with Crippen LogP contribution in [0.3, 0.4) is 0 Å². The number of hydrogen-bond acceptors (Lipinski definition) is 5. The van der Waals surface area contributed by atoms with Crippen LogP contribution in [0.25, 0.3) is 10.2 Å². The van der Waals surface area contributed by atoms with E-state index in [2.05, 4.69) is 15.3 Å². The zero-order valence-corrected chi connectivity index (χ0v) is 8.77. The summed E-state index contributed by atoms with van der Waals surface area (Å²) >= 11 is 1.63. The lowest BCUT2D eigenvalue weighted by Gasteiger charge is -2.05. The van der Waals surface area contributed by atoms with Gasteiger partial charge in [-0.25, -0.2) is 9.97 Å². The van der Waals surface area contributed by atoms with Gasteiger partial charge in [0.1, 0.15) is 16.5 Å². The van der Waals surface area contributed by atoms with Crippen LogP contribution in [0.2, 0.25) is 0 Å². The predicted molar refractivity (Wildman–Crippen MR) is 59.7 cm³/mol. The number of nitrogens with two attached hydrogens (primary N) is 1. The quantitative estimate of drug-likeness (QED) is 0.799. The van der Waals surface area contributed by atoms with Gasteiger partial charge in [-0.2, -0.15) is 0 Å². The van der Waals surface area contributed by atoms with Gasteiger partial charge in [-0.05, 0) is 18.4 Å². The van der Waals surface area contributed by atoms with Gasteiger partial charge in [0.15, 0.2) is 0 Å². The minimum absolute atomic E-state index is 0.606. The summed E-state index contributed by atoms with van der Waals surface area (Å²) in [5, 5.41) is 6.29. The molecule has 0 aliphatic heterocycles. The summed E-state index contributed by atoms with van der Waals surface area (Å²) in [6.45, 7) is 3.24. The molecule has 0 spiro atoms. The van der Waals surface area contributed by atoms with Gasteiger partial charge in [0.2, 0.25) is 0 Å². The molecule has 0 saturated heterocycles. The number of aryl methyl sites for hydroxylation is 1. The van der Waals surface area contributed by atoms with Crippen molar-refractivity contribution < 1.29 is 0 Å². The lowest BCUT2D eigenvalue weighted by molar-refractivity contribution is 1.000. The fraction of sp³-hybridized carbons (Fsp3) is 0.333. The summed E-state index contributed by atoms with van der Waals surface area (Å²) < 4.78 is 0. The third-order valence-electron chi connectivity index (χ3n) is 1.87. The minimum atomic E-state index is 0.606. The Bertz CT molecular complexity index is 437. The molecular weight excluding hydrogens is 196 g/mol. The molecule has 2 rings (SSSR count). The number of thiophene rings is 1. The lowest BCUT2D eigenvalue weighted by Crippen LogP contribution is -2.14. The van der Waals surface area contributed by atoms with Gasteiger partial charge < -0.3 is 11.1 Å². The third-order valence-corrected chi connectivity index (χ3v) is 2.68. The smallest absolute Gasteiger partial charge is 0.138 e. The van der Waals surface area contributed by atoms with E-state index in [-0.39, 0.29) is 0 Å². The van der Waals surface area contributed by atoms with Crippen LogP contribution in [0.1, 0.15) is 5.82 Å². The van der Waals surface area contributed by atoms with Crippen molar-refractivity contribution in [3.05, 3.63) is 17.3 Å². The predicted octanol–water partition coefficient (Wildman–Crippen LogP) is 1.37. The molecular formula is C9H12N4S. The average molecular weight is 208 g/mol. The van der Waals surface area contributed by atoms with Crippen molar-refractivity contribution >= 4 is 27.4 Å². The average Bonchev–Trinajstić information content (AvgIpc) is 2.61. The molecule has 0 radical (unpaired) electrons. The molecule has 0 aromatic carbocycles. The lowest BCUT2D eigenvalue weighted by atomic mass is 10.3. The molecule has 5 heteroatoms. The zero-order chi connectivity index (χ0) is 9.97. The van der Waals surface area contributed by atoms with E-state index in [4.69, 9.17) is 5.73 Å². The van der Waals surface area contributed by atoms with Crippen molar-refractivity contribution in [3.63, 3.8) is 0 Å². The molecule has 0 saturated carbocycles. The molecule has 0 bridgehead atoms. The maximum absolute atomic E-state index is 5.43. The normalized spacial score (nSPS) is 10.7. The zero-order valence-electron chi connectivity index (χ0n) is 7.95. The monoisotopic (exact) mass is 208 g/mol. The van der Waals surface area contributed by atoms with Gasteiger partial charge in [-0.1, -0.05) is 0 Å². The van der Waals surface area contributed by atoms with Crippen molar-refractivity contribution in [2.75, 3.05) is 18.4 Å². The largest absolute Gasteiger partial charge is 0.368 e. The molecule has 0 fully saturated rings. The van der Waals surface area contributed by atoms with Crippen molar-refractivity contribution in [2.24, 2.45) is 5.73 Å². The second kappa shape index (κ2) is 3.89. The number of fused-ring (bicyclic) bond motifs is 1. The van der Waals surface area contributed by atoms with Gasteiger partial charge >= 0.3 is 0 Å². The van der Waals surface area contributed by atoms with Gasteiger partial charge in [0, 0.05) is 13.1 Å². The fourth-order valence-electron chi connectivity index (χ4n) is 1.29. The van der Waals surface area contributed by atoms with Gasteiger partial charge in [0.05, 0.1) is 5.39 Å². The second-order valence-corrected chi connectivity index (χ2v) is 3.87. The topological polar surface area (TPSA) is 63.8 Å². The van der Waals surface area contributed by atoms with Crippen LogP contribution in [0.4, 0.5) is 5.82 Å². The molecule has 0 aliphatic rings. The molecule has 4 nitrogen and oxygen atoms in total. The Kier molecular flexibility index (Phi) is 2.60. The molecule has 0 unspecified atom stereocenters. The van der Waals surface area contributed by atoms with E-state index in [1.807, 2.05) is 18.4 Å². The summed E-state index contributed by atoms with van der Waals surface area (Å²) in [5.74, 6) is 1.68. The van der Waals surface area contributed by atoms with E-state index in [9.17, 15) is 0 Å². The molecule has 0 aliphatic carbocycles. The number of nitrogens with zero attached hydrogens (tertiary/aromatic N) is 2. The number of nitrogens with one attached hydrogen (secondary N) is 1. The minimum Gasteiger partial charge on any atom is -0.368 e. The Morgan fingerprint density at radius 2 is 2.36 bits per heavy atom. The van der Waals surface area contributed by atoms with Crippen LogP contribution in [0.15, 0.2) is 11.4 Å². The van der Waals surface area contributed by atoms with Crippen LogP contribution in [0.5, 0.6) is 0 Å². The highest BCUT2D eigenvalue weighted by atomic mass is 32.1. The maximum atomic E-state index is 5.43. The Morgan fingerprint density at radius 3 is 3.14 bits per heavy atom. The molecule has 3 N–H and O–H groups in total. The van der Waals surface area contributed by atoms with Crippen molar-refractivity contribution in [2.45, 2.75) is 6.92 Å².